The normalized spacial score (nSPS) is 11.9. The summed E-state index contributed by atoms with van der Waals surface area (Å²) in [7, 11) is 0. The lowest BCUT2D eigenvalue weighted by Gasteiger charge is -2.09. The summed E-state index contributed by atoms with van der Waals surface area (Å²) in [5, 5.41) is 28.9. The smallest absolute Gasteiger partial charge is 0.334 e. The molecule has 0 radical (unpaired) electrons. The molecule has 4 N–H and O–H groups in total. The predicted octanol–water partition coefficient (Wildman–Crippen LogP) is -0.124. The molecule has 1 atom stereocenters. The molecule has 0 fully saturated rings. The Morgan fingerprint density at radius 3 is 2.59 bits per heavy atom. The third-order valence-electron chi connectivity index (χ3n) is 2.20. The van der Waals surface area contributed by atoms with Gasteiger partial charge in [0.05, 0.1) is 6.54 Å². The van der Waals surface area contributed by atoms with Crippen molar-refractivity contribution in [3.05, 3.63) is 29.3 Å². The molecule has 0 saturated heterocycles. The number of hydrogen-bond acceptors (Lipinski definition) is 4. The van der Waals surface area contributed by atoms with Gasteiger partial charge < -0.3 is 20.6 Å². The quantitative estimate of drug-likeness (QED) is 0.585. The van der Waals surface area contributed by atoms with Crippen molar-refractivity contribution in [2.75, 3.05) is 6.54 Å². The number of phenols is 1. The zero-order valence-electron chi connectivity index (χ0n) is 9.17. The number of aromatic hydroxyl groups is 1. The molecule has 17 heavy (non-hydrogen) atoms. The first-order chi connectivity index (χ1) is 7.91. The maximum Gasteiger partial charge on any atom is 0.334 e. The summed E-state index contributed by atoms with van der Waals surface area (Å²) in [6.45, 7) is 1.27. The Balaban J connectivity index is 2.67. The molecule has 0 aliphatic carbocycles. The van der Waals surface area contributed by atoms with Gasteiger partial charge in [0.1, 0.15) is 5.75 Å². The first-order valence-corrected chi connectivity index (χ1v) is 4.90. The number of aliphatic hydroxyl groups is 1. The van der Waals surface area contributed by atoms with E-state index < -0.39 is 18.0 Å². The fourth-order valence-electron chi connectivity index (χ4n) is 1.27. The van der Waals surface area contributed by atoms with E-state index in [-0.39, 0.29) is 12.3 Å². The number of carbonyl (C=O) groups is 2. The van der Waals surface area contributed by atoms with E-state index in [1.807, 2.05) is 0 Å². The van der Waals surface area contributed by atoms with Crippen molar-refractivity contribution >= 4 is 11.9 Å². The summed E-state index contributed by atoms with van der Waals surface area (Å²) >= 11 is 0. The van der Waals surface area contributed by atoms with Crippen LogP contribution in [0.5, 0.6) is 5.75 Å². The highest BCUT2D eigenvalue weighted by molar-refractivity contribution is 5.96. The number of nitrogens with one attached hydrogen (secondary N) is 1. The van der Waals surface area contributed by atoms with E-state index in [1.165, 1.54) is 18.2 Å². The topological polar surface area (TPSA) is 107 Å². The summed E-state index contributed by atoms with van der Waals surface area (Å²) in [5.41, 5.74) is 0.882. The van der Waals surface area contributed by atoms with Crippen LogP contribution in [-0.2, 0) is 4.79 Å². The van der Waals surface area contributed by atoms with Crippen molar-refractivity contribution < 1.29 is 24.9 Å². The number of carboxylic acids is 1. The number of aliphatic carboxylic acids is 1. The molecule has 6 nitrogen and oxygen atoms in total. The number of aryl methyl sites for hydroxylation is 1. The highest BCUT2D eigenvalue weighted by Gasteiger charge is 2.15. The van der Waals surface area contributed by atoms with Crippen LogP contribution in [0.4, 0.5) is 0 Å². The molecule has 1 aromatic carbocycles. The van der Waals surface area contributed by atoms with Crippen molar-refractivity contribution in [2.24, 2.45) is 0 Å². The third-order valence-corrected chi connectivity index (χ3v) is 2.20. The predicted molar refractivity (Wildman–Crippen MR) is 58.8 cm³/mol. The first kappa shape index (κ1) is 13.0. The Bertz CT molecular complexity index is 443. The summed E-state index contributed by atoms with van der Waals surface area (Å²) in [4.78, 5) is 21.9. The highest BCUT2D eigenvalue weighted by atomic mass is 16.4. The van der Waals surface area contributed by atoms with Crippen LogP contribution in [0, 0.1) is 6.92 Å². The van der Waals surface area contributed by atoms with Gasteiger partial charge in [-0.15, -0.1) is 0 Å². The number of carboxylic acid groups (broad SMARTS) is 1. The van der Waals surface area contributed by atoms with E-state index in [1.54, 1.807) is 6.92 Å². The number of phenolic OH excluding ortho intramolecular Hbond substituents is 1. The summed E-state index contributed by atoms with van der Waals surface area (Å²) < 4.78 is 0. The van der Waals surface area contributed by atoms with Crippen LogP contribution in [0.1, 0.15) is 15.9 Å². The molecule has 6 heteroatoms. The number of hydrogen-bond donors (Lipinski definition) is 4. The van der Waals surface area contributed by atoms with Crippen molar-refractivity contribution in [1.82, 2.24) is 5.32 Å². The zero-order chi connectivity index (χ0) is 13.0. The largest absolute Gasteiger partial charge is 0.508 e. The molecule has 0 aromatic heterocycles. The SMILES string of the molecule is Cc1cc(O)ccc1C(=O)NC[C@H](O)C(=O)O. The Kier molecular flexibility index (Phi) is 4.06. The molecule has 0 spiro atoms. The van der Waals surface area contributed by atoms with Gasteiger partial charge in [-0.3, -0.25) is 4.79 Å². The lowest BCUT2D eigenvalue weighted by Crippen LogP contribution is -2.36. The minimum Gasteiger partial charge on any atom is -0.508 e. The standard InChI is InChI=1S/C11H13NO5/c1-6-4-7(13)2-3-8(6)10(15)12-5-9(14)11(16)17/h2-4,9,13-14H,5H2,1H3,(H,12,15)(H,16,17)/t9-/m0/s1. The molecule has 0 aliphatic heterocycles. The second-order valence-electron chi connectivity index (χ2n) is 3.56. The van der Waals surface area contributed by atoms with Gasteiger partial charge in [-0.05, 0) is 30.7 Å². The molecule has 0 unspecified atom stereocenters. The van der Waals surface area contributed by atoms with E-state index in [9.17, 15) is 9.59 Å². The Hall–Kier alpha value is -2.08. The van der Waals surface area contributed by atoms with E-state index in [2.05, 4.69) is 5.32 Å². The van der Waals surface area contributed by atoms with Crippen molar-refractivity contribution in [2.45, 2.75) is 13.0 Å². The molecular formula is C11H13NO5. The highest BCUT2D eigenvalue weighted by Crippen LogP contribution is 2.15. The van der Waals surface area contributed by atoms with Crippen LogP contribution in [0.3, 0.4) is 0 Å². The lowest BCUT2D eigenvalue weighted by molar-refractivity contribution is -0.146. The molecule has 0 heterocycles. The average molecular weight is 239 g/mol. The van der Waals surface area contributed by atoms with Crippen LogP contribution in [0.2, 0.25) is 0 Å². The molecule has 1 amide bonds. The van der Waals surface area contributed by atoms with Crippen LogP contribution in [-0.4, -0.2) is 39.8 Å². The summed E-state index contributed by atoms with van der Waals surface area (Å²) in [6.07, 6.45) is -1.63. The molecular weight excluding hydrogens is 226 g/mol. The second kappa shape index (κ2) is 5.31. The Labute approximate surface area is 97.5 Å². The van der Waals surface area contributed by atoms with E-state index in [4.69, 9.17) is 15.3 Å². The molecule has 92 valence electrons. The van der Waals surface area contributed by atoms with E-state index in [0.717, 1.165) is 0 Å². The fraction of sp³-hybridized carbons (Fsp3) is 0.273. The lowest BCUT2D eigenvalue weighted by atomic mass is 10.1. The number of rotatable bonds is 4. The molecule has 1 aromatic rings. The monoisotopic (exact) mass is 239 g/mol. The fourth-order valence-corrected chi connectivity index (χ4v) is 1.27. The number of aliphatic hydroxyl groups excluding tert-OH is 1. The van der Waals surface area contributed by atoms with Gasteiger partial charge in [0, 0.05) is 5.56 Å². The molecule has 0 bridgehead atoms. The third kappa shape index (κ3) is 3.46. The molecule has 1 rings (SSSR count). The maximum absolute atomic E-state index is 11.6. The number of carbonyl (C=O) groups excluding carboxylic acids is 1. The van der Waals surface area contributed by atoms with Crippen molar-refractivity contribution in [3.63, 3.8) is 0 Å². The van der Waals surface area contributed by atoms with Crippen LogP contribution in [0.15, 0.2) is 18.2 Å². The van der Waals surface area contributed by atoms with Gasteiger partial charge in [0.15, 0.2) is 6.10 Å². The molecule has 0 aliphatic rings. The zero-order valence-corrected chi connectivity index (χ0v) is 9.17. The summed E-state index contributed by atoms with van der Waals surface area (Å²) in [5.74, 6) is -1.85. The van der Waals surface area contributed by atoms with E-state index in [0.29, 0.717) is 11.1 Å². The van der Waals surface area contributed by atoms with Gasteiger partial charge in [-0.1, -0.05) is 0 Å². The van der Waals surface area contributed by atoms with Gasteiger partial charge in [0.2, 0.25) is 0 Å². The Morgan fingerprint density at radius 1 is 1.41 bits per heavy atom. The second-order valence-corrected chi connectivity index (χ2v) is 3.56. The summed E-state index contributed by atoms with van der Waals surface area (Å²) in [6, 6.07) is 4.20. The van der Waals surface area contributed by atoms with Crippen molar-refractivity contribution in [1.29, 1.82) is 0 Å². The van der Waals surface area contributed by atoms with Gasteiger partial charge in [-0.25, -0.2) is 4.79 Å². The van der Waals surface area contributed by atoms with Gasteiger partial charge in [0.25, 0.3) is 5.91 Å². The number of benzene rings is 1. The van der Waals surface area contributed by atoms with Crippen LogP contribution in [0.25, 0.3) is 0 Å². The van der Waals surface area contributed by atoms with Crippen molar-refractivity contribution in [3.8, 4) is 5.75 Å². The molecule has 0 saturated carbocycles. The number of amides is 1. The minimum atomic E-state index is -1.63. The maximum atomic E-state index is 11.6. The van der Waals surface area contributed by atoms with Crippen LogP contribution < -0.4 is 5.32 Å². The average Bonchev–Trinajstić information content (AvgIpc) is 2.25. The first-order valence-electron chi connectivity index (χ1n) is 4.90. The van der Waals surface area contributed by atoms with Crippen LogP contribution >= 0.6 is 0 Å². The van der Waals surface area contributed by atoms with E-state index >= 15 is 0 Å². The Morgan fingerprint density at radius 2 is 2.06 bits per heavy atom. The minimum absolute atomic E-state index is 0.0459. The van der Waals surface area contributed by atoms with Gasteiger partial charge in [-0.2, -0.15) is 0 Å². The van der Waals surface area contributed by atoms with Gasteiger partial charge >= 0.3 is 5.97 Å².